The van der Waals surface area contributed by atoms with E-state index in [-0.39, 0.29) is 6.61 Å². The Morgan fingerprint density at radius 1 is 0.905 bits per heavy atom. The SMILES string of the molecule is CCCCCCCC/C=C/CCCC(O)C(O)C(N)CO. The quantitative estimate of drug-likeness (QED) is 0.293. The van der Waals surface area contributed by atoms with Crippen LogP contribution in [0.5, 0.6) is 0 Å². The Morgan fingerprint density at radius 3 is 2.10 bits per heavy atom. The maximum Gasteiger partial charge on any atom is 0.0971 e. The Balaban J connectivity index is 3.43. The van der Waals surface area contributed by atoms with Gasteiger partial charge in [0.15, 0.2) is 0 Å². The third-order valence-corrected chi connectivity index (χ3v) is 3.81. The Bertz CT molecular complexity index is 246. The van der Waals surface area contributed by atoms with Gasteiger partial charge in [0.1, 0.15) is 0 Å². The molecule has 0 spiro atoms. The van der Waals surface area contributed by atoms with Crippen molar-refractivity contribution in [1.29, 1.82) is 0 Å². The van der Waals surface area contributed by atoms with E-state index in [1.165, 1.54) is 38.5 Å². The maximum atomic E-state index is 9.70. The van der Waals surface area contributed by atoms with Gasteiger partial charge in [0.2, 0.25) is 0 Å². The molecule has 0 heterocycles. The van der Waals surface area contributed by atoms with Crippen LogP contribution in [-0.2, 0) is 0 Å². The van der Waals surface area contributed by atoms with Crippen LogP contribution < -0.4 is 5.73 Å². The number of hydrogen-bond donors (Lipinski definition) is 4. The summed E-state index contributed by atoms with van der Waals surface area (Å²) in [4.78, 5) is 0. The molecule has 21 heavy (non-hydrogen) atoms. The van der Waals surface area contributed by atoms with Crippen LogP contribution >= 0.6 is 0 Å². The highest BCUT2D eigenvalue weighted by Crippen LogP contribution is 2.10. The fourth-order valence-electron chi connectivity index (χ4n) is 2.29. The summed E-state index contributed by atoms with van der Waals surface area (Å²) in [6.07, 6.45) is 13.8. The maximum absolute atomic E-state index is 9.70. The summed E-state index contributed by atoms with van der Waals surface area (Å²) in [5.74, 6) is 0. The van der Waals surface area contributed by atoms with Crippen LogP contribution in [0.3, 0.4) is 0 Å². The minimum Gasteiger partial charge on any atom is -0.395 e. The number of aliphatic hydroxyl groups is 3. The number of rotatable bonds is 14. The average Bonchev–Trinajstić information content (AvgIpc) is 2.50. The summed E-state index contributed by atoms with van der Waals surface area (Å²) in [6.45, 7) is 1.92. The fraction of sp³-hybridized carbons (Fsp3) is 0.882. The van der Waals surface area contributed by atoms with Gasteiger partial charge in [-0.05, 0) is 32.1 Å². The second kappa shape index (κ2) is 14.5. The lowest BCUT2D eigenvalue weighted by molar-refractivity contribution is -0.0117. The van der Waals surface area contributed by atoms with Gasteiger partial charge >= 0.3 is 0 Å². The van der Waals surface area contributed by atoms with Gasteiger partial charge in [0, 0.05) is 0 Å². The monoisotopic (exact) mass is 301 g/mol. The van der Waals surface area contributed by atoms with E-state index in [1.807, 2.05) is 0 Å². The van der Waals surface area contributed by atoms with Gasteiger partial charge in [-0.2, -0.15) is 0 Å². The van der Waals surface area contributed by atoms with Gasteiger partial charge in [-0.15, -0.1) is 0 Å². The number of aliphatic hydroxyl groups excluding tert-OH is 3. The van der Waals surface area contributed by atoms with E-state index in [2.05, 4.69) is 19.1 Å². The minimum atomic E-state index is -1.04. The second-order valence-corrected chi connectivity index (χ2v) is 5.86. The molecule has 4 heteroatoms. The predicted molar refractivity (Wildman–Crippen MR) is 88.1 cm³/mol. The van der Waals surface area contributed by atoms with E-state index in [0.29, 0.717) is 6.42 Å². The van der Waals surface area contributed by atoms with Crippen LogP contribution in [-0.4, -0.2) is 40.2 Å². The molecule has 3 atom stereocenters. The molecule has 5 N–H and O–H groups in total. The first-order valence-electron chi connectivity index (χ1n) is 8.51. The Kier molecular flexibility index (Phi) is 14.2. The van der Waals surface area contributed by atoms with E-state index in [9.17, 15) is 10.2 Å². The van der Waals surface area contributed by atoms with Crippen molar-refractivity contribution in [3.8, 4) is 0 Å². The third kappa shape index (κ3) is 11.9. The summed E-state index contributed by atoms with van der Waals surface area (Å²) < 4.78 is 0. The fourth-order valence-corrected chi connectivity index (χ4v) is 2.29. The molecule has 4 nitrogen and oxygen atoms in total. The zero-order valence-electron chi connectivity index (χ0n) is 13.6. The van der Waals surface area contributed by atoms with Crippen LogP contribution in [0.15, 0.2) is 12.2 Å². The van der Waals surface area contributed by atoms with E-state index >= 15 is 0 Å². The van der Waals surface area contributed by atoms with Crippen molar-refractivity contribution in [2.24, 2.45) is 5.73 Å². The molecule has 0 fully saturated rings. The first-order valence-corrected chi connectivity index (χ1v) is 8.51. The van der Waals surface area contributed by atoms with Crippen LogP contribution in [0.2, 0.25) is 0 Å². The van der Waals surface area contributed by atoms with Crippen LogP contribution in [0, 0.1) is 0 Å². The molecule has 0 bridgehead atoms. The molecule has 3 unspecified atom stereocenters. The van der Waals surface area contributed by atoms with Gasteiger partial charge in [0.25, 0.3) is 0 Å². The topological polar surface area (TPSA) is 86.7 Å². The lowest BCUT2D eigenvalue weighted by Crippen LogP contribution is -2.45. The van der Waals surface area contributed by atoms with Crippen molar-refractivity contribution in [1.82, 2.24) is 0 Å². The molecule has 0 aromatic carbocycles. The Labute approximate surface area is 130 Å². The van der Waals surface area contributed by atoms with Crippen molar-refractivity contribution in [2.45, 2.75) is 89.4 Å². The average molecular weight is 301 g/mol. The van der Waals surface area contributed by atoms with E-state index < -0.39 is 18.2 Å². The highest BCUT2D eigenvalue weighted by molar-refractivity contribution is 4.83. The number of nitrogens with two attached hydrogens (primary N) is 1. The Hall–Kier alpha value is -0.420. The van der Waals surface area contributed by atoms with Gasteiger partial charge in [-0.25, -0.2) is 0 Å². The first kappa shape index (κ1) is 20.6. The zero-order chi connectivity index (χ0) is 15.9. The molecule has 0 aromatic rings. The molecule has 0 rings (SSSR count). The largest absolute Gasteiger partial charge is 0.395 e. The van der Waals surface area contributed by atoms with E-state index in [1.54, 1.807) is 0 Å². The third-order valence-electron chi connectivity index (χ3n) is 3.81. The van der Waals surface area contributed by atoms with Gasteiger partial charge in [-0.3, -0.25) is 0 Å². The standard InChI is InChI=1S/C17H35NO3/c1-2-3-4-5-6-7-8-9-10-11-12-13-16(20)17(21)15(18)14-19/h9-10,15-17,19-21H,2-8,11-14,18H2,1H3/b10-9+. The highest BCUT2D eigenvalue weighted by atomic mass is 16.3. The van der Waals surface area contributed by atoms with Crippen molar-refractivity contribution < 1.29 is 15.3 Å². The summed E-state index contributed by atoms with van der Waals surface area (Å²) in [5, 5.41) is 28.1. The van der Waals surface area contributed by atoms with Gasteiger partial charge in [-0.1, -0.05) is 51.2 Å². The number of allylic oxidation sites excluding steroid dienone is 2. The van der Waals surface area contributed by atoms with Crippen molar-refractivity contribution >= 4 is 0 Å². The van der Waals surface area contributed by atoms with Crippen LogP contribution in [0.4, 0.5) is 0 Å². The lowest BCUT2D eigenvalue weighted by Gasteiger charge is -2.21. The smallest absolute Gasteiger partial charge is 0.0971 e. The summed E-state index contributed by atoms with van der Waals surface area (Å²) >= 11 is 0. The molecule has 0 aliphatic rings. The zero-order valence-corrected chi connectivity index (χ0v) is 13.6. The normalized spacial score (nSPS) is 16.2. The molecule has 0 aliphatic heterocycles. The highest BCUT2D eigenvalue weighted by Gasteiger charge is 2.21. The molecule has 0 aliphatic carbocycles. The van der Waals surface area contributed by atoms with Crippen LogP contribution in [0.1, 0.15) is 71.1 Å². The molecule has 0 saturated heterocycles. The molecule has 126 valence electrons. The predicted octanol–water partition coefficient (Wildman–Crippen LogP) is 2.50. The number of hydrogen-bond acceptors (Lipinski definition) is 4. The molecule has 0 saturated carbocycles. The van der Waals surface area contributed by atoms with Gasteiger partial charge in [0.05, 0.1) is 24.9 Å². The van der Waals surface area contributed by atoms with Crippen LogP contribution in [0.25, 0.3) is 0 Å². The Morgan fingerprint density at radius 2 is 1.48 bits per heavy atom. The van der Waals surface area contributed by atoms with E-state index in [4.69, 9.17) is 10.8 Å². The molecular formula is C17H35NO3. The summed E-state index contributed by atoms with van der Waals surface area (Å²) in [5.41, 5.74) is 5.47. The lowest BCUT2D eigenvalue weighted by atomic mass is 10.0. The van der Waals surface area contributed by atoms with Crippen molar-refractivity contribution in [2.75, 3.05) is 6.61 Å². The van der Waals surface area contributed by atoms with E-state index in [0.717, 1.165) is 19.3 Å². The minimum absolute atomic E-state index is 0.309. The molecular weight excluding hydrogens is 266 g/mol. The van der Waals surface area contributed by atoms with Gasteiger partial charge < -0.3 is 21.1 Å². The summed E-state index contributed by atoms with van der Waals surface area (Å²) in [7, 11) is 0. The number of unbranched alkanes of at least 4 members (excludes halogenated alkanes) is 7. The summed E-state index contributed by atoms with van der Waals surface area (Å²) in [6, 6.07) is -0.761. The molecule has 0 amide bonds. The first-order chi connectivity index (χ1) is 10.1. The second-order valence-electron chi connectivity index (χ2n) is 5.86. The van der Waals surface area contributed by atoms with Crippen molar-refractivity contribution in [3.63, 3.8) is 0 Å². The van der Waals surface area contributed by atoms with Crippen molar-refractivity contribution in [3.05, 3.63) is 12.2 Å². The molecule has 0 radical (unpaired) electrons. The molecule has 0 aromatic heterocycles.